The number of likely N-dealkylation sites (tertiary alicyclic amines) is 1. The molecule has 0 aromatic carbocycles. The average Bonchev–Trinajstić information content (AvgIpc) is 2.54. The lowest BCUT2D eigenvalue weighted by Gasteiger charge is -2.21. The molecule has 0 aromatic rings. The molecule has 100 valence electrons. The lowest BCUT2D eigenvalue weighted by Crippen LogP contribution is -2.35. The molecule has 0 spiro atoms. The van der Waals surface area contributed by atoms with Gasteiger partial charge in [0.1, 0.15) is 6.61 Å². The van der Waals surface area contributed by atoms with Crippen molar-refractivity contribution in [1.82, 2.24) is 4.90 Å². The number of carbonyl (C=O) groups excluding carboxylic acids is 1. The Hall–Kier alpha value is -0.570. The van der Waals surface area contributed by atoms with Crippen molar-refractivity contribution in [2.24, 2.45) is 11.8 Å². The van der Waals surface area contributed by atoms with Crippen LogP contribution in [0.5, 0.6) is 0 Å². The van der Waals surface area contributed by atoms with E-state index in [0.29, 0.717) is 6.61 Å². The van der Waals surface area contributed by atoms with Gasteiger partial charge < -0.3 is 9.64 Å². The van der Waals surface area contributed by atoms with E-state index < -0.39 is 0 Å². The van der Waals surface area contributed by atoms with Gasteiger partial charge in [-0.3, -0.25) is 4.79 Å². The minimum Gasteiger partial charge on any atom is -0.372 e. The molecule has 3 heteroatoms. The Bertz CT molecular complexity index is 228. The van der Waals surface area contributed by atoms with Crippen LogP contribution in [0.1, 0.15) is 46.5 Å². The van der Waals surface area contributed by atoms with Crippen LogP contribution in [-0.4, -0.2) is 37.1 Å². The van der Waals surface area contributed by atoms with Gasteiger partial charge in [-0.25, -0.2) is 0 Å². The molecule has 1 aliphatic heterocycles. The standard InChI is InChI=1S/C14H27NO2/c1-4-10-17-11-14(16)15-8-5-6-13(7-9-15)12(2)3/h12-13H,4-11H2,1-3H3. The molecule has 1 amide bonds. The Labute approximate surface area is 106 Å². The summed E-state index contributed by atoms with van der Waals surface area (Å²) in [5.41, 5.74) is 0. The molecule has 1 aliphatic rings. The van der Waals surface area contributed by atoms with Gasteiger partial charge in [-0.1, -0.05) is 20.8 Å². The van der Waals surface area contributed by atoms with Crippen LogP contribution in [0, 0.1) is 11.8 Å². The van der Waals surface area contributed by atoms with Crippen molar-refractivity contribution in [3.05, 3.63) is 0 Å². The van der Waals surface area contributed by atoms with Crippen LogP contribution < -0.4 is 0 Å². The van der Waals surface area contributed by atoms with Gasteiger partial charge in [0.2, 0.25) is 5.91 Å². The number of carbonyl (C=O) groups is 1. The van der Waals surface area contributed by atoms with Crippen molar-refractivity contribution in [3.8, 4) is 0 Å². The third-order valence-corrected chi connectivity index (χ3v) is 3.64. The summed E-state index contributed by atoms with van der Waals surface area (Å²) in [5, 5.41) is 0. The van der Waals surface area contributed by atoms with Crippen molar-refractivity contribution in [1.29, 1.82) is 0 Å². The highest BCUT2D eigenvalue weighted by Gasteiger charge is 2.22. The molecule has 1 unspecified atom stereocenters. The van der Waals surface area contributed by atoms with E-state index in [0.717, 1.165) is 44.2 Å². The number of rotatable bonds is 5. The summed E-state index contributed by atoms with van der Waals surface area (Å²) >= 11 is 0. The van der Waals surface area contributed by atoms with Crippen molar-refractivity contribution < 1.29 is 9.53 Å². The zero-order valence-electron chi connectivity index (χ0n) is 11.6. The first-order chi connectivity index (χ1) is 8.15. The molecule has 1 heterocycles. The lowest BCUT2D eigenvalue weighted by atomic mass is 9.89. The number of ether oxygens (including phenoxy) is 1. The van der Waals surface area contributed by atoms with Crippen LogP contribution in [0.3, 0.4) is 0 Å². The predicted octanol–water partition coefficient (Wildman–Crippen LogP) is 2.70. The molecular formula is C14H27NO2. The number of amides is 1. The second-order valence-corrected chi connectivity index (χ2v) is 5.37. The Morgan fingerprint density at radius 1 is 1.35 bits per heavy atom. The molecule has 0 bridgehead atoms. The third-order valence-electron chi connectivity index (χ3n) is 3.64. The molecule has 0 aliphatic carbocycles. The number of hydrogen-bond donors (Lipinski definition) is 0. The highest BCUT2D eigenvalue weighted by molar-refractivity contribution is 5.77. The molecule has 0 radical (unpaired) electrons. The lowest BCUT2D eigenvalue weighted by molar-refractivity contribution is -0.136. The molecule has 0 N–H and O–H groups in total. The van der Waals surface area contributed by atoms with E-state index >= 15 is 0 Å². The predicted molar refractivity (Wildman–Crippen MR) is 69.9 cm³/mol. The molecule has 3 nitrogen and oxygen atoms in total. The van der Waals surface area contributed by atoms with Crippen molar-refractivity contribution >= 4 is 5.91 Å². The maximum absolute atomic E-state index is 11.9. The monoisotopic (exact) mass is 241 g/mol. The van der Waals surface area contributed by atoms with E-state index in [1.807, 2.05) is 4.90 Å². The maximum Gasteiger partial charge on any atom is 0.248 e. The largest absolute Gasteiger partial charge is 0.372 e. The Morgan fingerprint density at radius 2 is 2.12 bits per heavy atom. The van der Waals surface area contributed by atoms with Gasteiger partial charge in [0.25, 0.3) is 0 Å². The number of hydrogen-bond acceptors (Lipinski definition) is 2. The summed E-state index contributed by atoms with van der Waals surface area (Å²) in [5.74, 6) is 1.69. The quantitative estimate of drug-likeness (QED) is 0.693. The van der Waals surface area contributed by atoms with Crippen LogP contribution in [0.25, 0.3) is 0 Å². The minimum atomic E-state index is 0.169. The fraction of sp³-hybridized carbons (Fsp3) is 0.929. The highest BCUT2D eigenvalue weighted by Crippen LogP contribution is 2.24. The van der Waals surface area contributed by atoms with E-state index in [1.54, 1.807) is 0 Å². The molecule has 1 fully saturated rings. The Balaban J connectivity index is 2.32. The van der Waals surface area contributed by atoms with Gasteiger partial charge in [-0.05, 0) is 37.5 Å². The fourth-order valence-electron chi connectivity index (χ4n) is 2.43. The van der Waals surface area contributed by atoms with Gasteiger partial charge in [0.05, 0.1) is 0 Å². The summed E-state index contributed by atoms with van der Waals surface area (Å²) in [6.45, 7) is 9.41. The van der Waals surface area contributed by atoms with Crippen molar-refractivity contribution in [2.45, 2.75) is 46.5 Å². The zero-order chi connectivity index (χ0) is 12.7. The second kappa shape index (κ2) is 7.70. The molecule has 17 heavy (non-hydrogen) atoms. The normalized spacial score (nSPS) is 21.6. The van der Waals surface area contributed by atoms with E-state index in [2.05, 4.69) is 20.8 Å². The molecule has 1 saturated heterocycles. The van der Waals surface area contributed by atoms with Crippen molar-refractivity contribution in [2.75, 3.05) is 26.3 Å². The highest BCUT2D eigenvalue weighted by atomic mass is 16.5. The molecule has 0 aromatic heterocycles. The topological polar surface area (TPSA) is 29.5 Å². The van der Waals surface area contributed by atoms with Gasteiger partial charge in [-0.15, -0.1) is 0 Å². The van der Waals surface area contributed by atoms with Crippen molar-refractivity contribution in [3.63, 3.8) is 0 Å². The second-order valence-electron chi connectivity index (χ2n) is 5.37. The van der Waals surface area contributed by atoms with Crippen LogP contribution in [-0.2, 0) is 9.53 Å². The smallest absolute Gasteiger partial charge is 0.248 e. The Kier molecular flexibility index (Phi) is 6.56. The maximum atomic E-state index is 11.9. The van der Waals surface area contributed by atoms with Gasteiger partial charge in [0.15, 0.2) is 0 Å². The molecular weight excluding hydrogens is 214 g/mol. The summed E-state index contributed by atoms with van der Waals surface area (Å²) in [6.07, 6.45) is 4.53. The molecule has 1 atom stereocenters. The van der Waals surface area contributed by atoms with E-state index in [-0.39, 0.29) is 12.5 Å². The summed E-state index contributed by atoms with van der Waals surface area (Å²) in [6, 6.07) is 0. The van der Waals surface area contributed by atoms with Gasteiger partial charge >= 0.3 is 0 Å². The van der Waals surface area contributed by atoms with E-state index in [1.165, 1.54) is 6.42 Å². The average molecular weight is 241 g/mol. The molecule has 1 rings (SSSR count). The first-order valence-electron chi connectivity index (χ1n) is 7.00. The van der Waals surface area contributed by atoms with Gasteiger partial charge in [0, 0.05) is 19.7 Å². The van der Waals surface area contributed by atoms with E-state index in [4.69, 9.17) is 4.74 Å². The number of nitrogens with zero attached hydrogens (tertiary/aromatic N) is 1. The summed E-state index contributed by atoms with van der Waals surface area (Å²) in [7, 11) is 0. The fourth-order valence-corrected chi connectivity index (χ4v) is 2.43. The van der Waals surface area contributed by atoms with Crippen LogP contribution in [0.15, 0.2) is 0 Å². The SMILES string of the molecule is CCCOCC(=O)N1CCCC(C(C)C)CC1. The summed E-state index contributed by atoms with van der Waals surface area (Å²) < 4.78 is 5.32. The van der Waals surface area contributed by atoms with Gasteiger partial charge in [-0.2, -0.15) is 0 Å². The zero-order valence-corrected chi connectivity index (χ0v) is 11.6. The van der Waals surface area contributed by atoms with E-state index in [9.17, 15) is 4.79 Å². The first-order valence-corrected chi connectivity index (χ1v) is 7.00. The van der Waals surface area contributed by atoms with Crippen LogP contribution in [0.4, 0.5) is 0 Å². The summed E-state index contributed by atoms with van der Waals surface area (Å²) in [4.78, 5) is 13.9. The van der Waals surface area contributed by atoms with Crippen LogP contribution in [0.2, 0.25) is 0 Å². The molecule has 0 saturated carbocycles. The Morgan fingerprint density at radius 3 is 2.76 bits per heavy atom. The van der Waals surface area contributed by atoms with Crippen LogP contribution >= 0.6 is 0 Å². The third kappa shape index (κ3) is 5.07. The minimum absolute atomic E-state index is 0.169. The first kappa shape index (κ1) is 14.5.